The summed E-state index contributed by atoms with van der Waals surface area (Å²) in [7, 11) is -1.83. The molecule has 1 atom stereocenters. The van der Waals surface area contributed by atoms with Gasteiger partial charge in [0.05, 0.1) is 43.5 Å². The average Bonchev–Trinajstić information content (AvgIpc) is 3.01. The minimum atomic E-state index is -1.83. The molecule has 7 nitrogen and oxygen atoms in total. The van der Waals surface area contributed by atoms with E-state index in [0.29, 0.717) is 35.5 Å². The van der Waals surface area contributed by atoms with Gasteiger partial charge in [0.2, 0.25) is 0 Å². The molecule has 3 N–H and O–H groups in total. The molecule has 2 aliphatic rings. The number of anilines is 1. The Morgan fingerprint density at radius 2 is 1.97 bits per heavy atom. The maximum Gasteiger partial charge on any atom is 0.309 e. The Kier molecular flexibility index (Phi) is 4.42. The van der Waals surface area contributed by atoms with Gasteiger partial charge >= 0.3 is 5.97 Å². The summed E-state index contributed by atoms with van der Waals surface area (Å²) in [6.07, 6.45) is 0.126. The molecule has 8 heteroatoms. The standard InChI is InChI=1S/C24H27N3O4Si/c1-5-24(30)10-20(28)31-12-16-17(24)9-19-21-15(11-27(19)23(16)29)22(32(2,3)4)14-7-6-13(25)8-18(14)26-21/h6-9,30H,5,10-12,25H2,1-4H3. The second-order valence-electron chi connectivity index (χ2n) is 9.88. The highest BCUT2D eigenvalue weighted by Crippen LogP contribution is 2.39. The molecular weight excluding hydrogens is 422 g/mol. The lowest BCUT2D eigenvalue weighted by atomic mass is 9.85. The first-order valence-corrected chi connectivity index (χ1v) is 14.4. The predicted octanol–water partition coefficient (Wildman–Crippen LogP) is 2.60. The van der Waals surface area contributed by atoms with Gasteiger partial charge in [-0.25, -0.2) is 4.98 Å². The van der Waals surface area contributed by atoms with Crippen LogP contribution in [0.4, 0.5) is 5.69 Å². The van der Waals surface area contributed by atoms with Crippen LogP contribution >= 0.6 is 0 Å². The summed E-state index contributed by atoms with van der Waals surface area (Å²) in [5.74, 6) is -0.504. The van der Waals surface area contributed by atoms with Crippen LogP contribution in [0.3, 0.4) is 0 Å². The number of esters is 1. The third-order valence-corrected chi connectivity index (χ3v) is 8.79. The number of aromatic nitrogens is 2. The van der Waals surface area contributed by atoms with Gasteiger partial charge in [0, 0.05) is 5.69 Å². The SMILES string of the molecule is CCC1(O)CC(=O)OCc2c1cc1n(c2=O)Cc2c-1nc1cc(N)ccc1c2[Si](C)(C)C. The van der Waals surface area contributed by atoms with Crippen LogP contribution in [0.5, 0.6) is 0 Å². The molecule has 166 valence electrons. The van der Waals surface area contributed by atoms with E-state index < -0.39 is 19.6 Å². The number of nitrogen functional groups attached to an aromatic ring is 1. The Hall–Kier alpha value is -2.97. The molecule has 1 aromatic carbocycles. The first-order valence-electron chi connectivity index (χ1n) is 10.9. The molecule has 0 spiro atoms. The number of fused-ring (bicyclic) bond motifs is 5. The Morgan fingerprint density at radius 3 is 2.66 bits per heavy atom. The molecule has 0 radical (unpaired) electrons. The van der Waals surface area contributed by atoms with Crippen molar-refractivity contribution in [3.8, 4) is 11.4 Å². The van der Waals surface area contributed by atoms with Crippen LogP contribution in [0, 0.1) is 0 Å². The maximum atomic E-state index is 13.6. The highest BCUT2D eigenvalue weighted by molar-refractivity contribution is 6.90. The molecule has 0 saturated heterocycles. The van der Waals surface area contributed by atoms with Crippen molar-refractivity contribution in [1.82, 2.24) is 9.55 Å². The molecule has 0 amide bonds. The number of nitrogens with two attached hydrogens (primary N) is 1. The normalized spacial score (nSPS) is 19.8. The number of rotatable bonds is 2. The second kappa shape index (κ2) is 6.76. The van der Waals surface area contributed by atoms with Crippen LogP contribution in [0.15, 0.2) is 29.1 Å². The smallest absolute Gasteiger partial charge is 0.309 e. The zero-order valence-corrected chi connectivity index (χ0v) is 19.8. The van der Waals surface area contributed by atoms with Gasteiger partial charge in [-0.15, -0.1) is 0 Å². The Morgan fingerprint density at radius 1 is 1.22 bits per heavy atom. The van der Waals surface area contributed by atoms with Gasteiger partial charge < -0.3 is 20.1 Å². The van der Waals surface area contributed by atoms with Gasteiger partial charge in [0.15, 0.2) is 0 Å². The Labute approximate surface area is 186 Å². The first-order chi connectivity index (χ1) is 15.0. The second-order valence-corrected chi connectivity index (χ2v) is 14.9. The van der Waals surface area contributed by atoms with E-state index in [1.165, 1.54) is 5.19 Å². The van der Waals surface area contributed by atoms with Crippen molar-refractivity contribution in [2.75, 3.05) is 5.73 Å². The van der Waals surface area contributed by atoms with Crippen LogP contribution in [0.2, 0.25) is 19.6 Å². The zero-order valence-electron chi connectivity index (χ0n) is 18.8. The van der Waals surface area contributed by atoms with E-state index in [4.69, 9.17) is 15.5 Å². The third kappa shape index (κ3) is 2.93. The van der Waals surface area contributed by atoms with Gasteiger partial charge in [0.25, 0.3) is 5.56 Å². The van der Waals surface area contributed by atoms with Crippen LogP contribution in [0.25, 0.3) is 22.3 Å². The minimum absolute atomic E-state index is 0.126. The van der Waals surface area contributed by atoms with Gasteiger partial charge in [-0.2, -0.15) is 0 Å². The van der Waals surface area contributed by atoms with Crippen molar-refractivity contribution >= 4 is 35.8 Å². The number of hydrogen-bond donors (Lipinski definition) is 2. The van der Waals surface area contributed by atoms with E-state index in [0.717, 1.165) is 22.2 Å². The van der Waals surface area contributed by atoms with Crippen LogP contribution in [-0.4, -0.2) is 28.7 Å². The summed E-state index contributed by atoms with van der Waals surface area (Å²) >= 11 is 0. The average molecular weight is 450 g/mol. The number of hydrogen-bond acceptors (Lipinski definition) is 6. The van der Waals surface area contributed by atoms with Gasteiger partial charge in [-0.3, -0.25) is 9.59 Å². The summed E-state index contributed by atoms with van der Waals surface area (Å²) in [5, 5.41) is 13.7. The number of carbonyl (C=O) groups excluding carboxylic acids is 1. The molecule has 3 aromatic rings. The lowest BCUT2D eigenvalue weighted by Crippen LogP contribution is -2.41. The number of benzene rings is 1. The number of ether oxygens (including phenoxy) is 1. The van der Waals surface area contributed by atoms with Crippen LogP contribution < -0.4 is 16.5 Å². The van der Waals surface area contributed by atoms with E-state index in [9.17, 15) is 14.7 Å². The quantitative estimate of drug-likeness (QED) is 0.277. The first kappa shape index (κ1) is 20.9. The van der Waals surface area contributed by atoms with Crippen LogP contribution in [0.1, 0.15) is 36.5 Å². The van der Waals surface area contributed by atoms with E-state index in [1.807, 2.05) is 24.3 Å². The summed E-state index contributed by atoms with van der Waals surface area (Å²) in [6.45, 7) is 8.96. The molecule has 4 heterocycles. The highest BCUT2D eigenvalue weighted by Gasteiger charge is 2.40. The summed E-state index contributed by atoms with van der Waals surface area (Å²) < 4.78 is 6.97. The molecule has 2 aliphatic heterocycles. The number of cyclic esters (lactones) is 1. The van der Waals surface area contributed by atoms with Crippen molar-refractivity contribution in [1.29, 1.82) is 0 Å². The van der Waals surface area contributed by atoms with Gasteiger partial charge in [-0.1, -0.05) is 32.6 Å². The molecule has 32 heavy (non-hydrogen) atoms. The van der Waals surface area contributed by atoms with Crippen molar-refractivity contribution in [2.24, 2.45) is 0 Å². The third-order valence-electron chi connectivity index (χ3n) is 6.72. The fourth-order valence-electron chi connectivity index (χ4n) is 5.15. The van der Waals surface area contributed by atoms with Gasteiger partial charge in [-0.05, 0) is 46.3 Å². The monoisotopic (exact) mass is 449 g/mol. The minimum Gasteiger partial charge on any atom is -0.460 e. The Balaban J connectivity index is 1.86. The van der Waals surface area contributed by atoms with E-state index in [-0.39, 0.29) is 18.6 Å². The highest BCUT2D eigenvalue weighted by atomic mass is 28.3. The number of aliphatic hydroxyl groups is 1. The summed E-state index contributed by atoms with van der Waals surface area (Å²) in [6, 6.07) is 7.64. The Bertz CT molecular complexity index is 1370. The lowest BCUT2D eigenvalue weighted by molar-refractivity contribution is -0.149. The summed E-state index contributed by atoms with van der Waals surface area (Å²) in [4.78, 5) is 30.6. The molecule has 0 bridgehead atoms. The maximum absolute atomic E-state index is 13.6. The van der Waals surface area contributed by atoms with Crippen molar-refractivity contribution in [3.05, 3.63) is 51.3 Å². The van der Waals surface area contributed by atoms with Gasteiger partial charge in [0.1, 0.15) is 12.2 Å². The molecule has 0 saturated carbocycles. The number of carbonyl (C=O) groups is 1. The fraction of sp³-hybridized carbons (Fsp3) is 0.375. The fourth-order valence-corrected chi connectivity index (χ4v) is 7.27. The number of pyridine rings is 2. The van der Waals surface area contributed by atoms with Crippen molar-refractivity contribution < 1.29 is 14.6 Å². The zero-order chi connectivity index (χ0) is 23.0. The van der Waals surface area contributed by atoms with E-state index in [2.05, 4.69) is 19.6 Å². The molecule has 0 aliphatic carbocycles. The predicted molar refractivity (Wildman–Crippen MR) is 127 cm³/mol. The molecular formula is C24H27N3O4Si. The molecule has 5 rings (SSSR count). The largest absolute Gasteiger partial charge is 0.460 e. The van der Waals surface area contributed by atoms with Crippen molar-refractivity contribution in [2.45, 2.75) is 58.2 Å². The number of nitrogens with zero attached hydrogens (tertiary/aromatic N) is 2. The van der Waals surface area contributed by atoms with Crippen LogP contribution in [-0.2, 0) is 28.3 Å². The molecule has 1 unspecified atom stereocenters. The lowest BCUT2D eigenvalue weighted by Gasteiger charge is -2.26. The summed E-state index contributed by atoms with van der Waals surface area (Å²) in [5.41, 5.74) is 9.15. The topological polar surface area (TPSA) is 107 Å². The molecule has 2 aromatic heterocycles. The van der Waals surface area contributed by atoms with E-state index in [1.54, 1.807) is 11.5 Å². The molecule has 0 fully saturated rings. The van der Waals surface area contributed by atoms with Crippen molar-refractivity contribution in [3.63, 3.8) is 0 Å². The van der Waals surface area contributed by atoms with E-state index >= 15 is 0 Å².